The van der Waals surface area contributed by atoms with Gasteiger partial charge in [0.25, 0.3) is 5.88 Å². The molecule has 3 heterocycles. The average Bonchev–Trinajstić information content (AvgIpc) is 2.83. The molecule has 1 atom stereocenters. The van der Waals surface area contributed by atoms with Gasteiger partial charge in [0.1, 0.15) is 0 Å². The normalized spacial score (nSPS) is 20.0. The number of anilines is 2. The van der Waals surface area contributed by atoms with E-state index in [1.165, 1.54) is 11.3 Å². The van der Waals surface area contributed by atoms with Crippen LogP contribution in [0.25, 0.3) is 0 Å². The number of rotatable bonds is 0. The molecule has 0 radical (unpaired) electrons. The van der Waals surface area contributed by atoms with Crippen LogP contribution < -0.4 is 9.64 Å². The fourth-order valence-corrected chi connectivity index (χ4v) is 2.39. The third-order valence-electron chi connectivity index (χ3n) is 3.06. The van der Waals surface area contributed by atoms with Gasteiger partial charge in [-0.25, -0.2) is 9.97 Å². The van der Waals surface area contributed by atoms with Crippen LogP contribution in [0.2, 0.25) is 0 Å². The number of benzene rings is 1. The Morgan fingerprint density at radius 3 is 3.06 bits per heavy atom. The molecular formula is C12H9N3O. The molecule has 1 aromatic carbocycles. The molecule has 78 valence electrons. The maximum absolute atomic E-state index is 5.77. The molecule has 4 rings (SSSR count). The molecule has 1 unspecified atom stereocenters. The van der Waals surface area contributed by atoms with Crippen molar-refractivity contribution in [3.05, 3.63) is 42.2 Å². The highest BCUT2D eigenvalue weighted by Crippen LogP contribution is 2.45. The fraction of sp³-hybridized carbons (Fsp3) is 0.167. The molecule has 0 amide bonds. The maximum atomic E-state index is 5.77. The van der Waals surface area contributed by atoms with Crippen molar-refractivity contribution in [1.82, 2.24) is 9.97 Å². The molecule has 0 fully saturated rings. The van der Waals surface area contributed by atoms with Gasteiger partial charge in [0.2, 0.25) is 0 Å². The first kappa shape index (κ1) is 8.10. The van der Waals surface area contributed by atoms with E-state index in [0.717, 1.165) is 12.2 Å². The van der Waals surface area contributed by atoms with Crippen LogP contribution in [0, 0.1) is 0 Å². The lowest BCUT2D eigenvalue weighted by molar-refractivity contribution is 0.236. The van der Waals surface area contributed by atoms with Crippen molar-refractivity contribution in [3.8, 4) is 5.88 Å². The first-order valence-corrected chi connectivity index (χ1v) is 5.28. The molecule has 4 heteroatoms. The molecule has 4 nitrogen and oxygen atoms in total. The molecule has 0 saturated carbocycles. The molecule has 0 saturated heterocycles. The van der Waals surface area contributed by atoms with Crippen LogP contribution in [0.4, 0.5) is 11.5 Å². The van der Waals surface area contributed by atoms with E-state index in [2.05, 4.69) is 33.1 Å². The highest BCUT2D eigenvalue weighted by atomic mass is 16.5. The third kappa shape index (κ3) is 0.888. The second-order valence-electron chi connectivity index (χ2n) is 3.96. The summed E-state index contributed by atoms with van der Waals surface area (Å²) in [5.74, 6) is 1.47. The van der Waals surface area contributed by atoms with Gasteiger partial charge in [-0.3, -0.25) is 4.90 Å². The Morgan fingerprint density at radius 1 is 1.19 bits per heavy atom. The quantitative estimate of drug-likeness (QED) is 0.667. The van der Waals surface area contributed by atoms with Gasteiger partial charge in [-0.15, -0.1) is 0 Å². The SMILES string of the molecule is c1ccc2c(c1)CC1Oc3nccnc3N21. The number of para-hydroxylation sites is 1. The zero-order valence-corrected chi connectivity index (χ0v) is 8.50. The van der Waals surface area contributed by atoms with Crippen molar-refractivity contribution in [3.63, 3.8) is 0 Å². The lowest BCUT2D eigenvalue weighted by Gasteiger charge is -2.15. The Labute approximate surface area is 92.5 Å². The van der Waals surface area contributed by atoms with E-state index in [4.69, 9.17) is 4.74 Å². The Balaban J connectivity index is 1.93. The van der Waals surface area contributed by atoms with Gasteiger partial charge in [0.15, 0.2) is 12.0 Å². The number of aromatic nitrogens is 2. The minimum absolute atomic E-state index is 0.0369. The predicted octanol–water partition coefficient (Wildman–Crippen LogP) is 1.89. The van der Waals surface area contributed by atoms with E-state index in [-0.39, 0.29) is 6.23 Å². The van der Waals surface area contributed by atoms with Crippen LogP contribution in [0.5, 0.6) is 5.88 Å². The van der Waals surface area contributed by atoms with E-state index in [1.807, 2.05) is 6.07 Å². The van der Waals surface area contributed by atoms with Crippen LogP contribution in [-0.2, 0) is 6.42 Å². The third-order valence-corrected chi connectivity index (χ3v) is 3.06. The first-order valence-electron chi connectivity index (χ1n) is 5.28. The number of fused-ring (bicyclic) bond motifs is 5. The molecule has 2 aliphatic heterocycles. The van der Waals surface area contributed by atoms with Gasteiger partial charge >= 0.3 is 0 Å². The minimum atomic E-state index is 0.0369. The fourth-order valence-electron chi connectivity index (χ4n) is 2.39. The molecule has 0 spiro atoms. The van der Waals surface area contributed by atoms with Crippen molar-refractivity contribution in [1.29, 1.82) is 0 Å². The second kappa shape index (κ2) is 2.72. The Morgan fingerprint density at radius 2 is 2.06 bits per heavy atom. The monoisotopic (exact) mass is 211 g/mol. The summed E-state index contributed by atoms with van der Waals surface area (Å²) in [4.78, 5) is 10.7. The van der Waals surface area contributed by atoms with Gasteiger partial charge in [-0.2, -0.15) is 0 Å². The van der Waals surface area contributed by atoms with Gasteiger partial charge in [-0.1, -0.05) is 18.2 Å². The molecule has 2 aromatic rings. The van der Waals surface area contributed by atoms with E-state index in [9.17, 15) is 0 Å². The Kier molecular flexibility index (Phi) is 1.38. The highest BCUT2D eigenvalue weighted by molar-refractivity contribution is 5.73. The molecule has 16 heavy (non-hydrogen) atoms. The summed E-state index contributed by atoms with van der Waals surface area (Å²) in [6, 6.07) is 8.32. The Hall–Kier alpha value is -2.10. The zero-order valence-electron chi connectivity index (χ0n) is 8.50. The lowest BCUT2D eigenvalue weighted by Crippen LogP contribution is -2.26. The Bertz CT molecular complexity index is 520. The maximum Gasteiger partial charge on any atom is 0.260 e. The smallest absolute Gasteiger partial charge is 0.260 e. The zero-order chi connectivity index (χ0) is 10.5. The number of hydrogen-bond acceptors (Lipinski definition) is 4. The number of nitrogens with zero attached hydrogens (tertiary/aromatic N) is 3. The summed E-state index contributed by atoms with van der Waals surface area (Å²) in [7, 11) is 0. The summed E-state index contributed by atoms with van der Waals surface area (Å²) < 4.78 is 5.77. The summed E-state index contributed by atoms with van der Waals surface area (Å²) in [6.45, 7) is 0. The van der Waals surface area contributed by atoms with E-state index >= 15 is 0 Å². The highest BCUT2D eigenvalue weighted by Gasteiger charge is 2.40. The van der Waals surface area contributed by atoms with E-state index in [0.29, 0.717) is 5.88 Å². The molecule has 0 aliphatic carbocycles. The van der Waals surface area contributed by atoms with Gasteiger partial charge in [0, 0.05) is 24.5 Å². The predicted molar refractivity (Wildman–Crippen MR) is 58.7 cm³/mol. The van der Waals surface area contributed by atoms with Crippen molar-refractivity contribution in [2.24, 2.45) is 0 Å². The number of ether oxygens (including phenoxy) is 1. The van der Waals surface area contributed by atoms with E-state index < -0.39 is 0 Å². The summed E-state index contributed by atoms with van der Waals surface area (Å²) in [5, 5.41) is 0. The molecule has 2 aliphatic rings. The van der Waals surface area contributed by atoms with Gasteiger partial charge in [-0.05, 0) is 11.6 Å². The van der Waals surface area contributed by atoms with Crippen LogP contribution in [0.3, 0.4) is 0 Å². The van der Waals surface area contributed by atoms with Crippen molar-refractivity contribution in [2.45, 2.75) is 12.6 Å². The van der Waals surface area contributed by atoms with E-state index in [1.54, 1.807) is 12.4 Å². The standard InChI is InChI=1S/C12H9N3O/c1-2-4-9-8(3-1)7-10-15(9)11-12(16-10)14-6-5-13-11/h1-6,10H,7H2. The summed E-state index contributed by atoms with van der Waals surface area (Å²) in [6.07, 6.45) is 4.29. The minimum Gasteiger partial charge on any atom is -0.450 e. The molecular weight excluding hydrogens is 202 g/mol. The van der Waals surface area contributed by atoms with Crippen molar-refractivity contribution >= 4 is 11.5 Å². The van der Waals surface area contributed by atoms with Crippen LogP contribution in [0.1, 0.15) is 5.56 Å². The number of hydrogen-bond donors (Lipinski definition) is 0. The van der Waals surface area contributed by atoms with Crippen molar-refractivity contribution in [2.75, 3.05) is 4.90 Å². The lowest BCUT2D eigenvalue weighted by atomic mass is 10.2. The van der Waals surface area contributed by atoms with Crippen LogP contribution in [0.15, 0.2) is 36.7 Å². The first-order chi connectivity index (χ1) is 7.93. The van der Waals surface area contributed by atoms with Gasteiger partial charge in [0.05, 0.1) is 0 Å². The van der Waals surface area contributed by atoms with Crippen LogP contribution in [-0.4, -0.2) is 16.2 Å². The molecule has 1 aromatic heterocycles. The van der Waals surface area contributed by atoms with Crippen LogP contribution >= 0.6 is 0 Å². The second-order valence-corrected chi connectivity index (χ2v) is 3.96. The van der Waals surface area contributed by atoms with Crippen molar-refractivity contribution < 1.29 is 4.74 Å². The summed E-state index contributed by atoms with van der Waals surface area (Å²) >= 11 is 0. The largest absolute Gasteiger partial charge is 0.450 e. The average molecular weight is 211 g/mol. The molecule has 0 N–H and O–H groups in total. The van der Waals surface area contributed by atoms with Gasteiger partial charge < -0.3 is 4.74 Å². The summed E-state index contributed by atoms with van der Waals surface area (Å²) in [5.41, 5.74) is 2.50. The molecule has 0 bridgehead atoms. The topological polar surface area (TPSA) is 38.3 Å².